The third kappa shape index (κ3) is 2.58. The molecule has 2 rings (SSSR count). The fourth-order valence-electron chi connectivity index (χ4n) is 2.11. The summed E-state index contributed by atoms with van der Waals surface area (Å²) in [6.07, 6.45) is 0. The van der Waals surface area contributed by atoms with E-state index in [0.717, 1.165) is 11.8 Å². The highest BCUT2D eigenvalue weighted by Gasteiger charge is 2.24. The van der Waals surface area contributed by atoms with Crippen LogP contribution in [0.3, 0.4) is 0 Å². The molecular weight excluding hydrogens is 295 g/mol. The molecule has 0 aliphatic heterocycles. The maximum Gasteiger partial charge on any atom is 0.263 e. The number of nitrogen functional groups attached to an aromatic ring is 1. The van der Waals surface area contributed by atoms with Crippen LogP contribution in [-0.4, -0.2) is 18.6 Å². The number of hydrogen-bond donors (Lipinski definition) is 3. The van der Waals surface area contributed by atoms with Crippen LogP contribution in [0.25, 0.3) is 0 Å². The van der Waals surface area contributed by atoms with Gasteiger partial charge in [0.05, 0.1) is 10.6 Å². The van der Waals surface area contributed by atoms with Gasteiger partial charge in [-0.3, -0.25) is 9.82 Å². The molecule has 0 aliphatic carbocycles. The van der Waals surface area contributed by atoms with Gasteiger partial charge in [-0.05, 0) is 44.9 Å². The Hall–Kier alpha value is -2.09. The molecule has 0 spiro atoms. The first-order valence-electron chi connectivity index (χ1n) is 6.24. The Kier molecular flexibility index (Phi) is 3.66. The fraction of sp³-hybridized carbons (Fsp3) is 0.308. The molecule has 0 fully saturated rings. The number of halogens is 1. The lowest BCUT2D eigenvalue weighted by molar-refractivity contribution is 0.598. The minimum absolute atomic E-state index is 0.0264. The molecule has 1 aromatic heterocycles. The van der Waals surface area contributed by atoms with Crippen molar-refractivity contribution in [1.82, 2.24) is 10.2 Å². The molecule has 0 amide bonds. The van der Waals surface area contributed by atoms with E-state index in [9.17, 15) is 12.8 Å². The second-order valence-electron chi connectivity index (χ2n) is 4.97. The van der Waals surface area contributed by atoms with Crippen molar-refractivity contribution in [2.75, 3.05) is 10.5 Å². The molecule has 0 saturated heterocycles. The van der Waals surface area contributed by atoms with Crippen molar-refractivity contribution in [3.05, 3.63) is 34.3 Å². The number of aryl methyl sites for hydroxylation is 2. The van der Waals surface area contributed by atoms with E-state index in [1.807, 2.05) is 0 Å². The Morgan fingerprint density at radius 3 is 2.38 bits per heavy atom. The van der Waals surface area contributed by atoms with Gasteiger partial charge in [0.15, 0.2) is 5.82 Å². The highest BCUT2D eigenvalue weighted by Crippen LogP contribution is 2.29. The highest BCUT2D eigenvalue weighted by molar-refractivity contribution is 7.92. The van der Waals surface area contributed by atoms with E-state index in [2.05, 4.69) is 14.9 Å². The fourth-order valence-corrected chi connectivity index (χ4v) is 3.66. The first-order chi connectivity index (χ1) is 9.65. The van der Waals surface area contributed by atoms with Gasteiger partial charge < -0.3 is 5.73 Å². The molecule has 4 N–H and O–H groups in total. The Morgan fingerprint density at radius 2 is 1.86 bits per heavy atom. The zero-order valence-electron chi connectivity index (χ0n) is 12.2. The van der Waals surface area contributed by atoms with Crippen LogP contribution in [0.4, 0.5) is 15.9 Å². The van der Waals surface area contributed by atoms with Crippen molar-refractivity contribution in [2.45, 2.75) is 32.6 Å². The maximum atomic E-state index is 13.5. The van der Waals surface area contributed by atoms with Gasteiger partial charge in [0, 0.05) is 11.3 Å². The summed E-state index contributed by atoms with van der Waals surface area (Å²) in [6.45, 7) is 6.53. The number of H-pyrrole nitrogens is 1. The smallest absolute Gasteiger partial charge is 0.263 e. The second-order valence-corrected chi connectivity index (χ2v) is 6.59. The van der Waals surface area contributed by atoms with Gasteiger partial charge in [-0.25, -0.2) is 12.8 Å². The average Bonchev–Trinajstić information content (AvgIpc) is 2.67. The van der Waals surface area contributed by atoms with Crippen LogP contribution in [0, 0.1) is 33.5 Å². The van der Waals surface area contributed by atoms with E-state index < -0.39 is 15.8 Å². The van der Waals surface area contributed by atoms with Gasteiger partial charge in [0.25, 0.3) is 10.0 Å². The van der Waals surface area contributed by atoms with E-state index >= 15 is 0 Å². The number of anilines is 2. The molecule has 1 heterocycles. The standard InChI is InChI=1S/C13H17FN4O2S/c1-6-5-10(14)11(15)8(3)12(6)21(19,20)18-13-7(2)9(4)16-17-13/h5H,15H2,1-4H3,(H2,16,17,18). The molecule has 0 aliphatic rings. The second kappa shape index (κ2) is 5.03. The third-order valence-corrected chi connectivity index (χ3v) is 5.08. The molecule has 8 heteroatoms. The van der Waals surface area contributed by atoms with Crippen LogP contribution >= 0.6 is 0 Å². The van der Waals surface area contributed by atoms with Crippen molar-refractivity contribution in [3.8, 4) is 0 Å². The van der Waals surface area contributed by atoms with Crippen molar-refractivity contribution < 1.29 is 12.8 Å². The molecular formula is C13H17FN4O2S. The van der Waals surface area contributed by atoms with Crippen LogP contribution in [0.15, 0.2) is 11.0 Å². The number of nitrogens with zero attached hydrogens (tertiary/aromatic N) is 1. The first kappa shape index (κ1) is 15.3. The van der Waals surface area contributed by atoms with Crippen LogP contribution in [0.2, 0.25) is 0 Å². The third-order valence-electron chi connectivity index (χ3n) is 3.46. The summed E-state index contributed by atoms with van der Waals surface area (Å²) in [5.74, 6) is -0.412. The van der Waals surface area contributed by atoms with E-state index in [1.54, 1.807) is 13.8 Å². The lowest BCUT2D eigenvalue weighted by Crippen LogP contribution is -2.18. The van der Waals surface area contributed by atoms with E-state index in [1.165, 1.54) is 13.8 Å². The zero-order chi connectivity index (χ0) is 15.9. The molecule has 0 unspecified atom stereocenters. The number of rotatable bonds is 3. The van der Waals surface area contributed by atoms with E-state index in [0.29, 0.717) is 5.56 Å². The molecule has 6 nitrogen and oxygen atoms in total. The van der Waals surface area contributed by atoms with Crippen molar-refractivity contribution in [2.24, 2.45) is 0 Å². The van der Waals surface area contributed by atoms with Gasteiger partial charge >= 0.3 is 0 Å². The van der Waals surface area contributed by atoms with Crippen molar-refractivity contribution >= 4 is 21.5 Å². The van der Waals surface area contributed by atoms with Crippen LogP contribution < -0.4 is 10.5 Å². The summed E-state index contributed by atoms with van der Waals surface area (Å²) in [4.78, 5) is -0.0264. The van der Waals surface area contributed by atoms with Crippen LogP contribution in [0.5, 0.6) is 0 Å². The number of nitrogens with one attached hydrogen (secondary N) is 2. The van der Waals surface area contributed by atoms with Gasteiger partial charge in [-0.15, -0.1) is 0 Å². The number of hydrogen-bond acceptors (Lipinski definition) is 4. The van der Waals surface area contributed by atoms with Crippen LogP contribution in [0.1, 0.15) is 22.4 Å². The lowest BCUT2D eigenvalue weighted by Gasteiger charge is -2.14. The molecule has 0 atom stereocenters. The molecule has 21 heavy (non-hydrogen) atoms. The zero-order valence-corrected chi connectivity index (χ0v) is 13.0. The Balaban J connectivity index is 2.55. The molecule has 114 valence electrons. The van der Waals surface area contributed by atoms with Gasteiger partial charge in [-0.1, -0.05) is 0 Å². The molecule has 0 saturated carbocycles. The molecule has 0 bridgehead atoms. The number of aromatic amines is 1. The van der Waals surface area contributed by atoms with E-state index in [-0.39, 0.29) is 27.5 Å². The minimum Gasteiger partial charge on any atom is -0.396 e. The quantitative estimate of drug-likeness (QED) is 0.756. The number of nitrogens with two attached hydrogens (primary N) is 1. The van der Waals surface area contributed by atoms with Gasteiger partial charge in [0.1, 0.15) is 5.82 Å². The summed E-state index contributed by atoms with van der Waals surface area (Å²) >= 11 is 0. The predicted octanol–water partition coefficient (Wildman–Crippen LogP) is 2.17. The lowest BCUT2D eigenvalue weighted by atomic mass is 10.1. The topological polar surface area (TPSA) is 101 Å². The van der Waals surface area contributed by atoms with Crippen LogP contribution in [-0.2, 0) is 10.0 Å². The number of aromatic nitrogens is 2. The Labute approximate surface area is 122 Å². The molecule has 0 radical (unpaired) electrons. The summed E-state index contributed by atoms with van der Waals surface area (Å²) in [6, 6.07) is 1.11. The normalized spacial score (nSPS) is 11.7. The first-order valence-corrected chi connectivity index (χ1v) is 7.73. The summed E-state index contributed by atoms with van der Waals surface area (Å²) < 4.78 is 41.0. The SMILES string of the molecule is Cc1cc(F)c(N)c(C)c1S(=O)(=O)Nc1n[nH]c(C)c1C. The summed E-state index contributed by atoms with van der Waals surface area (Å²) in [5.41, 5.74) is 7.35. The minimum atomic E-state index is -3.90. The largest absolute Gasteiger partial charge is 0.396 e. The van der Waals surface area contributed by atoms with Gasteiger partial charge in [0.2, 0.25) is 0 Å². The molecule has 2 aromatic rings. The Morgan fingerprint density at radius 1 is 1.24 bits per heavy atom. The predicted molar refractivity (Wildman–Crippen MR) is 79.2 cm³/mol. The monoisotopic (exact) mass is 312 g/mol. The maximum absolute atomic E-state index is 13.5. The van der Waals surface area contributed by atoms with E-state index in [4.69, 9.17) is 5.73 Å². The van der Waals surface area contributed by atoms with Gasteiger partial charge in [-0.2, -0.15) is 5.10 Å². The number of sulfonamides is 1. The highest BCUT2D eigenvalue weighted by atomic mass is 32.2. The number of benzene rings is 1. The Bertz CT molecular complexity index is 812. The van der Waals surface area contributed by atoms with Crippen molar-refractivity contribution in [3.63, 3.8) is 0 Å². The average molecular weight is 312 g/mol. The summed E-state index contributed by atoms with van der Waals surface area (Å²) in [5, 5.41) is 6.60. The van der Waals surface area contributed by atoms with Crippen molar-refractivity contribution in [1.29, 1.82) is 0 Å². The molecule has 1 aromatic carbocycles. The summed E-state index contributed by atoms with van der Waals surface area (Å²) in [7, 11) is -3.90.